The van der Waals surface area contributed by atoms with Crippen molar-refractivity contribution in [3.05, 3.63) is 59.7 Å². The molecule has 0 aromatic heterocycles. The first-order valence-electron chi connectivity index (χ1n) is 9.38. The standard InChI is InChI=1S/C22H24N2O5/c1-14(21(26)24(3)13-29-15(2)25)23-22(27)28-12-20-18-10-6-4-8-16(18)17-9-5-7-11-19(17)20/h4-11,14,20H,12-13H2,1-3H3,(H,23,27)/t14-/m0/s1. The lowest BCUT2D eigenvalue weighted by Gasteiger charge is -2.22. The van der Waals surface area contributed by atoms with Gasteiger partial charge in [0.05, 0.1) is 0 Å². The van der Waals surface area contributed by atoms with Crippen LogP contribution in [0.25, 0.3) is 11.1 Å². The molecule has 0 saturated carbocycles. The maximum Gasteiger partial charge on any atom is 0.407 e. The van der Waals surface area contributed by atoms with E-state index in [2.05, 4.69) is 17.4 Å². The van der Waals surface area contributed by atoms with E-state index in [1.54, 1.807) is 6.92 Å². The van der Waals surface area contributed by atoms with Gasteiger partial charge in [-0.2, -0.15) is 0 Å². The molecule has 0 spiro atoms. The van der Waals surface area contributed by atoms with Crippen molar-refractivity contribution in [1.82, 2.24) is 10.2 Å². The number of carbonyl (C=O) groups is 3. The Bertz CT molecular complexity index is 881. The molecule has 0 fully saturated rings. The van der Waals surface area contributed by atoms with E-state index in [0.717, 1.165) is 22.3 Å². The number of alkyl carbamates (subject to hydrolysis) is 1. The van der Waals surface area contributed by atoms with E-state index >= 15 is 0 Å². The van der Waals surface area contributed by atoms with Crippen molar-refractivity contribution < 1.29 is 23.9 Å². The second-order valence-electron chi connectivity index (χ2n) is 6.99. The lowest BCUT2D eigenvalue weighted by molar-refractivity contribution is -0.150. The van der Waals surface area contributed by atoms with Crippen LogP contribution in [0.2, 0.25) is 0 Å². The molecule has 0 saturated heterocycles. The predicted molar refractivity (Wildman–Crippen MR) is 107 cm³/mol. The van der Waals surface area contributed by atoms with Gasteiger partial charge in [0.15, 0.2) is 6.73 Å². The summed E-state index contributed by atoms with van der Waals surface area (Å²) in [5.41, 5.74) is 4.53. The Morgan fingerprint density at radius 2 is 1.55 bits per heavy atom. The number of nitrogens with zero attached hydrogens (tertiary/aromatic N) is 1. The van der Waals surface area contributed by atoms with Crippen LogP contribution in [0.15, 0.2) is 48.5 Å². The van der Waals surface area contributed by atoms with Crippen LogP contribution in [0.3, 0.4) is 0 Å². The van der Waals surface area contributed by atoms with Gasteiger partial charge in [-0.05, 0) is 29.2 Å². The molecule has 0 bridgehead atoms. The number of ether oxygens (including phenoxy) is 2. The minimum Gasteiger partial charge on any atom is -0.449 e. The molecular formula is C22H24N2O5. The van der Waals surface area contributed by atoms with Crippen LogP contribution in [0.5, 0.6) is 0 Å². The van der Waals surface area contributed by atoms with Crippen LogP contribution in [0, 0.1) is 0 Å². The zero-order valence-electron chi connectivity index (χ0n) is 16.7. The van der Waals surface area contributed by atoms with E-state index in [0.29, 0.717) is 0 Å². The molecule has 1 aliphatic carbocycles. The van der Waals surface area contributed by atoms with E-state index in [1.165, 1.54) is 18.9 Å². The second kappa shape index (κ2) is 8.77. The number of esters is 1. The van der Waals surface area contributed by atoms with E-state index in [-0.39, 0.29) is 25.2 Å². The van der Waals surface area contributed by atoms with Gasteiger partial charge in [0.25, 0.3) is 0 Å². The van der Waals surface area contributed by atoms with Gasteiger partial charge < -0.3 is 19.7 Å². The van der Waals surface area contributed by atoms with Crippen molar-refractivity contribution in [3.63, 3.8) is 0 Å². The van der Waals surface area contributed by atoms with Gasteiger partial charge in [0, 0.05) is 19.9 Å². The summed E-state index contributed by atoms with van der Waals surface area (Å²) in [5.74, 6) is -0.924. The number of hydrogen-bond donors (Lipinski definition) is 1. The quantitative estimate of drug-likeness (QED) is 0.599. The summed E-state index contributed by atoms with van der Waals surface area (Å²) in [6.45, 7) is 2.81. The molecule has 7 heteroatoms. The molecule has 29 heavy (non-hydrogen) atoms. The summed E-state index contributed by atoms with van der Waals surface area (Å²) in [6, 6.07) is 15.3. The molecule has 2 amide bonds. The Balaban J connectivity index is 1.58. The van der Waals surface area contributed by atoms with Crippen LogP contribution in [0.1, 0.15) is 30.9 Å². The van der Waals surface area contributed by atoms with Gasteiger partial charge >= 0.3 is 12.1 Å². The Hall–Kier alpha value is -3.35. The number of hydrogen-bond acceptors (Lipinski definition) is 5. The maximum atomic E-state index is 12.2. The molecule has 0 unspecified atom stereocenters. The average Bonchev–Trinajstić information content (AvgIpc) is 3.03. The minimum absolute atomic E-state index is 0.0502. The van der Waals surface area contributed by atoms with Crippen LogP contribution >= 0.6 is 0 Å². The first-order chi connectivity index (χ1) is 13.9. The normalized spacial score (nSPS) is 13.1. The Labute approximate surface area is 169 Å². The summed E-state index contributed by atoms with van der Waals surface area (Å²) in [6.07, 6.45) is -0.673. The molecular weight excluding hydrogens is 372 g/mol. The first-order valence-corrected chi connectivity index (χ1v) is 9.38. The monoisotopic (exact) mass is 396 g/mol. The largest absolute Gasteiger partial charge is 0.449 e. The fourth-order valence-electron chi connectivity index (χ4n) is 3.46. The number of carbonyl (C=O) groups excluding carboxylic acids is 3. The zero-order valence-corrected chi connectivity index (χ0v) is 16.7. The number of nitrogens with one attached hydrogen (secondary N) is 1. The minimum atomic E-state index is -0.814. The summed E-state index contributed by atoms with van der Waals surface area (Å²) >= 11 is 0. The average molecular weight is 396 g/mol. The highest BCUT2D eigenvalue weighted by atomic mass is 16.6. The van der Waals surface area contributed by atoms with Crippen molar-refractivity contribution in [2.45, 2.75) is 25.8 Å². The topological polar surface area (TPSA) is 84.9 Å². The highest BCUT2D eigenvalue weighted by Gasteiger charge is 2.29. The van der Waals surface area contributed by atoms with E-state index in [4.69, 9.17) is 9.47 Å². The number of likely N-dealkylation sites (N-methyl/N-ethyl adjacent to an activating group) is 1. The molecule has 0 heterocycles. The van der Waals surface area contributed by atoms with Crippen molar-refractivity contribution in [2.75, 3.05) is 20.4 Å². The van der Waals surface area contributed by atoms with Crippen LogP contribution in [-0.2, 0) is 19.1 Å². The molecule has 1 N–H and O–H groups in total. The third-order valence-corrected chi connectivity index (χ3v) is 4.89. The molecule has 7 nitrogen and oxygen atoms in total. The van der Waals surface area contributed by atoms with E-state index < -0.39 is 18.1 Å². The Morgan fingerprint density at radius 3 is 2.10 bits per heavy atom. The van der Waals surface area contributed by atoms with Gasteiger partial charge in [-0.3, -0.25) is 9.59 Å². The molecule has 0 aliphatic heterocycles. The zero-order chi connectivity index (χ0) is 21.0. The summed E-state index contributed by atoms with van der Waals surface area (Å²) in [5, 5.41) is 2.53. The van der Waals surface area contributed by atoms with Crippen LogP contribution in [0.4, 0.5) is 4.79 Å². The molecule has 2 aromatic rings. The summed E-state index contributed by atoms with van der Waals surface area (Å²) in [4.78, 5) is 36.6. The summed E-state index contributed by atoms with van der Waals surface area (Å²) in [7, 11) is 1.49. The maximum absolute atomic E-state index is 12.2. The fourth-order valence-corrected chi connectivity index (χ4v) is 3.46. The molecule has 3 rings (SSSR count). The number of benzene rings is 2. The highest BCUT2D eigenvalue weighted by molar-refractivity contribution is 5.85. The number of rotatable bonds is 6. The fraction of sp³-hybridized carbons (Fsp3) is 0.318. The lowest BCUT2D eigenvalue weighted by Crippen LogP contribution is -2.46. The van der Waals surface area contributed by atoms with Crippen molar-refractivity contribution in [1.29, 1.82) is 0 Å². The molecule has 2 aromatic carbocycles. The van der Waals surface area contributed by atoms with Gasteiger partial charge in [0.2, 0.25) is 5.91 Å². The van der Waals surface area contributed by atoms with Crippen molar-refractivity contribution in [2.24, 2.45) is 0 Å². The predicted octanol–water partition coefficient (Wildman–Crippen LogP) is 2.89. The van der Waals surface area contributed by atoms with Gasteiger partial charge in [0.1, 0.15) is 12.6 Å². The van der Waals surface area contributed by atoms with Crippen LogP contribution in [-0.4, -0.2) is 49.3 Å². The lowest BCUT2D eigenvalue weighted by atomic mass is 9.98. The van der Waals surface area contributed by atoms with Crippen molar-refractivity contribution in [3.8, 4) is 11.1 Å². The summed E-state index contributed by atoms with van der Waals surface area (Å²) < 4.78 is 10.2. The molecule has 1 atom stereocenters. The third-order valence-electron chi connectivity index (χ3n) is 4.89. The smallest absolute Gasteiger partial charge is 0.407 e. The molecule has 152 valence electrons. The Kier molecular flexibility index (Phi) is 6.16. The molecule has 0 radical (unpaired) electrons. The highest BCUT2D eigenvalue weighted by Crippen LogP contribution is 2.44. The Morgan fingerprint density at radius 1 is 1.00 bits per heavy atom. The van der Waals surface area contributed by atoms with E-state index in [1.807, 2.05) is 36.4 Å². The molecule has 1 aliphatic rings. The van der Waals surface area contributed by atoms with Gasteiger partial charge in [-0.15, -0.1) is 0 Å². The third kappa shape index (κ3) is 4.56. The second-order valence-corrected chi connectivity index (χ2v) is 6.99. The van der Waals surface area contributed by atoms with E-state index in [9.17, 15) is 14.4 Å². The van der Waals surface area contributed by atoms with Gasteiger partial charge in [-0.1, -0.05) is 48.5 Å². The first kappa shape index (κ1) is 20.4. The number of amides is 2. The van der Waals surface area contributed by atoms with Crippen LogP contribution < -0.4 is 5.32 Å². The van der Waals surface area contributed by atoms with Crippen molar-refractivity contribution >= 4 is 18.0 Å². The number of fused-ring (bicyclic) bond motifs is 3. The SMILES string of the molecule is CC(=O)OCN(C)C(=O)[C@H](C)NC(=O)OCC1c2ccccc2-c2ccccc21. The van der Waals surface area contributed by atoms with Gasteiger partial charge in [-0.25, -0.2) is 4.79 Å².